The van der Waals surface area contributed by atoms with Crippen molar-refractivity contribution in [2.75, 3.05) is 44.3 Å². The number of hydrogen-bond acceptors (Lipinski definition) is 7. The summed E-state index contributed by atoms with van der Waals surface area (Å²) in [6, 6.07) is 9.09. The van der Waals surface area contributed by atoms with Crippen molar-refractivity contribution in [1.29, 1.82) is 0 Å². The van der Waals surface area contributed by atoms with E-state index in [9.17, 15) is 4.79 Å². The van der Waals surface area contributed by atoms with Gasteiger partial charge in [0, 0.05) is 44.6 Å². The second kappa shape index (κ2) is 13.0. The molecule has 212 valence electrons. The first-order chi connectivity index (χ1) is 19.0. The average Bonchev–Trinajstić information content (AvgIpc) is 3.48. The maximum Gasteiger partial charge on any atom is 0.324 e. The van der Waals surface area contributed by atoms with Gasteiger partial charge < -0.3 is 24.2 Å². The predicted octanol–water partition coefficient (Wildman–Crippen LogP) is 5.29. The molecule has 2 aromatic rings. The van der Waals surface area contributed by atoms with E-state index >= 15 is 0 Å². The van der Waals surface area contributed by atoms with Crippen LogP contribution in [0.1, 0.15) is 82.5 Å². The number of ether oxygens (including phenoxy) is 1. The number of amides is 1. The van der Waals surface area contributed by atoms with Gasteiger partial charge in [0.15, 0.2) is 5.82 Å². The van der Waals surface area contributed by atoms with Gasteiger partial charge in [0.2, 0.25) is 5.91 Å². The number of benzene rings is 1. The van der Waals surface area contributed by atoms with Crippen LogP contribution in [0.4, 0.5) is 6.01 Å². The van der Waals surface area contributed by atoms with Crippen LogP contribution in [-0.2, 0) is 4.79 Å². The van der Waals surface area contributed by atoms with Crippen LogP contribution < -0.4 is 9.64 Å². The minimum absolute atomic E-state index is 0.106. The Morgan fingerprint density at radius 1 is 1.05 bits per heavy atom. The number of rotatable bonds is 9. The van der Waals surface area contributed by atoms with Gasteiger partial charge in [-0.1, -0.05) is 37.2 Å². The Morgan fingerprint density at radius 3 is 2.38 bits per heavy atom. The third kappa shape index (κ3) is 7.02. The predicted molar refractivity (Wildman–Crippen MR) is 152 cm³/mol. The Balaban J connectivity index is 1.04. The molecule has 1 aliphatic carbocycles. The molecule has 0 bridgehead atoms. The minimum atomic E-state index is 0.106. The normalized spacial score (nSPS) is 21.3. The first-order valence-corrected chi connectivity index (χ1v) is 14.9. The van der Waals surface area contributed by atoms with Gasteiger partial charge in [-0.25, -0.2) is 0 Å². The van der Waals surface area contributed by atoms with Crippen molar-refractivity contribution in [3.05, 3.63) is 41.7 Å². The number of nitrogens with zero attached hydrogens (tertiary/aromatic N) is 4. The maximum absolute atomic E-state index is 13.0. The van der Waals surface area contributed by atoms with Gasteiger partial charge in [0.1, 0.15) is 5.75 Å². The highest BCUT2D eigenvalue weighted by Crippen LogP contribution is 2.33. The summed E-state index contributed by atoms with van der Waals surface area (Å²) in [5.41, 5.74) is 2.56. The molecule has 0 saturated carbocycles. The van der Waals surface area contributed by atoms with Gasteiger partial charge in [-0.2, -0.15) is 4.98 Å². The number of likely N-dealkylation sites (tertiary alicyclic amines) is 1. The first kappa shape index (κ1) is 27.7. The number of piperidine rings is 2. The second-order valence-corrected chi connectivity index (χ2v) is 11.8. The molecule has 3 heterocycles. The van der Waals surface area contributed by atoms with E-state index in [2.05, 4.69) is 64.1 Å². The average molecular weight is 537 g/mol. The van der Waals surface area contributed by atoms with E-state index in [0.717, 1.165) is 95.7 Å². The molecule has 1 amide bonds. The molecule has 3 aliphatic rings. The fourth-order valence-electron chi connectivity index (χ4n) is 6.06. The zero-order chi connectivity index (χ0) is 27.2. The van der Waals surface area contributed by atoms with E-state index in [0.29, 0.717) is 23.8 Å². The highest BCUT2D eigenvalue weighted by Gasteiger charge is 2.29. The first-order valence-electron chi connectivity index (χ1n) is 14.9. The van der Waals surface area contributed by atoms with Crippen LogP contribution in [0.25, 0.3) is 5.57 Å². The Bertz CT molecular complexity index is 1100. The van der Waals surface area contributed by atoms with Gasteiger partial charge in [-0.3, -0.25) is 4.79 Å². The topological polar surface area (TPSA) is 91.9 Å². The van der Waals surface area contributed by atoms with E-state index in [1.54, 1.807) is 0 Å². The zero-order valence-corrected chi connectivity index (χ0v) is 23.6. The molecule has 8 heteroatoms. The van der Waals surface area contributed by atoms with Gasteiger partial charge in [-0.05, 0) is 86.5 Å². The lowest BCUT2D eigenvalue weighted by Gasteiger charge is -2.35. The van der Waals surface area contributed by atoms with Gasteiger partial charge in [0.25, 0.3) is 0 Å². The number of anilines is 1. The second-order valence-electron chi connectivity index (χ2n) is 11.8. The SMILES string of the molecule is CC(C)c1noc(N2CCC(COc3ccc(C4=CCC(C(=O)N5CCC(CCO)CC5)CC4)cc3)CC2)n1. The number of allylic oxidation sites excluding steroid dienone is 2. The summed E-state index contributed by atoms with van der Waals surface area (Å²) < 4.78 is 11.6. The van der Waals surface area contributed by atoms with Crippen LogP contribution in [0.15, 0.2) is 34.9 Å². The van der Waals surface area contributed by atoms with Crippen LogP contribution in [0.3, 0.4) is 0 Å². The summed E-state index contributed by atoms with van der Waals surface area (Å²) in [5, 5.41) is 13.2. The fraction of sp³-hybridized carbons (Fsp3) is 0.645. The van der Waals surface area contributed by atoms with Crippen molar-refractivity contribution in [3.8, 4) is 5.75 Å². The summed E-state index contributed by atoms with van der Waals surface area (Å²) in [4.78, 5) is 21.8. The van der Waals surface area contributed by atoms with E-state index in [-0.39, 0.29) is 18.4 Å². The lowest BCUT2D eigenvalue weighted by atomic mass is 9.85. The van der Waals surface area contributed by atoms with Crippen molar-refractivity contribution >= 4 is 17.5 Å². The third-order valence-electron chi connectivity index (χ3n) is 8.77. The Kier molecular flexibility index (Phi) is 9.22. The standard InChI is InChI=1S/C31H44N4O4/c1-22(2)29-32-31(39-33-29)35-18-13-24(14-19-35)21-38-28-9-7-26(8-10-28)25-3-5-27(6-4-25)30(37)34-16-11-23(12-17-34)15-20-36/h3,7-10,22-24,27,36H,4-6,11-21H2,1-2H3. The van der Waals surface area contributed by atoms with Gasteiger partial charge >= 0.3 is 6.01 Å². The van der Waals surface area contributed by atoms with Gasteiger partial charge in [0.05, 0.1) is 6.61 Å². The number of aromatic nitrogens is 2. The summed E-state index contributed by atoms with van der Waals surface area (Å²) in [6.45, 7) is 8.62. The zero-order valence-electron chi connectivity index (χ0n) is 23.6. The smallest absolute Gasteiger partial charge is 0.324 e. The molecule has 1 aromatic carbocycles. The van der Waals surface area contributed by atoms with Crippen LogP contribution in [0.5, 0.6) is 5.75 Å². The molecule has 1 atom stereocenters. The minimum Gasteiger partial charge on any atom is -0.493 e. The number of carbonyl (C=O) groups is 1. The molecule has 5 rings (SSSR count). The molecular weight excluding hydrogens is 492 g/mol. The highest BCUT2D eigenvalue weighted by atomic mass is 16.5. The number of carbonyl (C=O) groups excluding carboxylic acids is 1. The fourth-order valence-corrected chi connectivity index (χ4v) is 6.06. The molecule has 2 saturated heterocycles. The van der Waals surface area contributed by atoms with Crippen LogP contribution in [0, 0.1) is 17.8 Å². The van der Waals surface area contributed by atoms with Crippen molar-refractivity contribution in [2.24, 2.45) is 17.8 Å². The molecule has 39 heavy (non-hydrogen) atoms. The molecule has 1 unspecified atom stereocenters. The Labute approximate surface area is 232 Å². The molecule has 0 spiro atoms. The maximum atomic E-state index is 13.0. The summed E-state index contributed by atoms with van der Waals surface area (Å²) in [7, 11) is 0. The van der Waals surface area contributed by atoms with Crippen molar-refractivity contribution in [1.82, 2.24) is 15.0 Å². The number of aliphatic hydroxyl groups excluding tert-OH is 1. The van der Waals surface area contributed by atoms with Crippen LogP contribution >= 0.6 is 0 Å². The number of aliphatic hydroxyl groups is 1. The van der Waals surface area contributed by atoms with E-state index in [1.807, 2.05) is 0 Å². The summed E-state index contributed by atoms with van der Waals surface area (Å²) in [6.07, 6.45) is 9.94. The lowest BCUT2D eigenvalue weighted by molar-refractivity contribution is -0.137. The molecule has 1 N–H and O–H groups in total. The molecule has 2 aliphatic heterocycles. The molecule has 2 fully saturated rings. The molecule has 0 radical (unpaired) electrons. The Morgan fingerprint density at radius 2 is 1.77 bits per heavy atom. The largest absolute Gasteiger partial charge is 0.493 e. The van der Waals surface area contributed by atoms with Crippen LogP contribution in [0.2, 0.25) is 0 Å². The summed E-state index contributed by atoms with van der Waals surface area (Å²) in [5.74, 6) is 3.46. The van der Waals surface area contributed by atoms with Crippen molar-refractivity contribution < 1.29 is 19.2 Å². The Hall–Kier alpha value is -2.87. The van der Waals surface area contributed by atoms with Crippen molar-refractivity contribution in [2.45, 2.75) is 71.1 Å². The van der Waals surface area contributed by atoms with E-state index in [1.165, 1.54) is 11.1 Å². The van der Waals surface area contributed by atoms with Crippen LogP contribution in [-0.4, -0.2) is 65.4 Å². The molecule has 8 nitrogen and oxygen atoms in total. The monoisotopic (exact) mass is 536 g/mol. The molecular formula is C31H44N4O4. The number of hydrogen-bond donors (Lipinski definition) is 1. The van der Waals surface area contributed by atoms with Gasteiger partial charge in [-0.15, -0.1) is 0 Å². The van der Waals surface area contributed by atoms with E-state index < -0.39 is 0 Å². The van der Waals surface area contributed by atoms with Crippen molar-refractivity contribution in [3.63, 3.8) is 0 Å². The highest BCUT2D eigenvalue weighted by molar-refractivity contribution is 5.81. The third-order valence-corrected chi connectivity index (χ3v) is 8.77. The molecule has 1 aromatic heterocycles. The lowest BCUT2D eigenvalue weighted by Crippen LogP contribution is -2.42. The quantitative estimate of drug-likeness (QED) is 0.465. The van der Waals surface area contributed by atoms with E-state index in [4.69, 9.17) is 14.4 Å². The summed E-state index contributed by atoms with van der Waals surface area (Å²) >= 11 is 0.